The summed E-state index contributed by atoms with van der Waals surface area (Å²) in [5, 5.41) is 0.927. The number of nitrogens with zero attached hydrogens (tertiary/aromatic N) is 5. The summed E-state index contributed by atoms with van der Waals surface area (Å²) in [4.78, 5) is 15.7. The van der Waals surface area contributed by atoms with Gasteiger partial charge in [0.05, 0.1) is 30.7 Å². The van der Waals surface area contributed by atoms with E-state index in [1.807, 2.05) is 37.1 Å². The summed E-state index contributed by atoms with van der Waals surface area (Å²) < 4.78 is 13.9. The van der Waals surface area contributed by atoms with Gasteiger partial charge in [0.15, 0.2) is 0 Å². The van der Waals surface area contributed by atoms with Crippen LogP contribution in [0.3, 0.4) is 0 Å². The molecule has 1 saturated carbocycles. The van der Waals surface area contributed by atoms with E-state index in [0.29, 0.717) is 17.6 Å². The van der Waals surface area contributed by atoms with E-state index in [-0.39, 0.29) is 6.10 Å². The van der Waals surface area contributed by atoms with E-state index in [0.717, 1.165) is 68.7 Å². The summed E-state index contributed by atoms with van der Waals surface area (Å²) in [7, 11) is 0. The molecule has 2 aliphatic rings. The first-order valence-electron chi connectivity index (χ1n) is 10.3. The molecule has 8 nitrogen and oxygen atoms in total. The molecule has 4 heterocycles. The van der Waals surface area contributed by atoms with Crippen molar-refractivity contribution in [3.8, 4) is 5.88 Å². The molecule has 3 aromatic rings. The number of imidazole rings is 1. The van der Waals surface area contributed by atoms with Crippen LogP contribution in [0.5, 0.6) is 5.88 Å². The second-order valence-electron chi connectivity index (χ2n) is 7.78. The molecule has 1 saturated heterocycles. The van der Waals surface area contributed by atoms with Crippen LogP contribution in [0.15, 0.2) is 37.1 Å². The molecule has 0 spiro atoms. The van der Waals surface area contributed by atoms with Gasteiger partial charge in [0, 0.05) is 49.2 Å². The van der Waals surface area contributed by atoms with Crippen LogP contribution >= 0.6 is 0 Å². The molecule has 5 rings (SSSR count). The lowest BCUT2D eigenvalue weighted by Crippen LogP contribution is -2.36. The first-order chi connectivity index (χ1) is 14.3. The maximum Gasteiger partial charge on any atom is 0.238 e. The van der Waals surface area contributed by atoms with Gasteiger partial charge in [-0.1, -0.05) is 0 Å². The third-order valence-electron chi connectivity index (χ3n) is 5.88. The minimum absolute atomic E-state index is 0.141. The molecule has 0 radical (unpaired) electrons. The van der Waals surface area contributed by atoms with Gasteiger partial charge in [0.2, 0.25) is 5.88 Å². The quantitative estimate of drug-likeness (QED) is 0.727. The maximum atomic E-state index is 6.23. The van der Waals surface area contributed by atoms with E-state index in [1.165, 1.54) is 0 Å². The lowest BCUT2D eigenvalue weighted by atomic mass is 9.93. The van der Waals surface area contributed by atoms with Crippen molar-refractivity contribution in [2.24, 2.45) is 0 Å². The Morgan fingerprint density at radius 2 is 1.93 bits per heavy atom. The topological polar surface area (TPSA) is 91.3 Å². The molecule has 29 heavy (non-hydrogen) atoms. The Hall–Kier alpha value is -2.87. The lowest BCUT2D eigenvalue weighted by Gasteiger charge is -2.29. The fourth-order valence-electron chi connectivity index (χ4n) is 4.22. The molecule has 8 heteroatoms. The third-order valence-corrected chi connectivity index (χ3v) is 5.88. The van der Waals surface area contributed by atoms with Crippen LogP contribution in [-0.4, -0.2) is 51.9 Å². The molecule has 0 bridgehead atoms. The van der Waals surface area contributed by atoms with Gasteiger partial charge in [-0.25, -0.2) is 15.0 Å². The standard InChI is InChI=1S/C21H26N6O2/c22-18-11-15-13-24-20(26-7-9-28-10-8-26)12-19(15)25-21(18)29-17-3-1-16(2-4-17)27-6-5-23-14-27/h5-6,11-14,16-17H,1-4,7-10,22H2. The van der Waals surface area contributed by atoms with Crippen molar-refractivity contribution in [1.82, 2.24) is 19.5 Å². The smallest absolute Gasteiger partial charge is 0.238 e. The Morgan fingerprint density at radius 3 is 2.69 bits per heavy atom. The van der Waals surface area contributed by atoms with Crippen LogP contribution in [0.1, 0.15) is 31.7 Å². The van der Waals surface area contributed by atoms with E-state index in [4.69, 9.17) is 20.2 Å². The van der Waals surface area contributed by atoms with Crippen molar-refractivity contribution in [3.05, 3.63) is 37.1 Å². The molecular weight excluding hydrogens is 368 g/mol. The molecule has 152 valence electrons. The largest absolute Gasteiger partial charge is 0.473 e. The van der Waals surface area contributed by atoms with Crippen LogP contribution in [0.4, 0.5) is 11.5 Å². The number of nitrogen functional groups attached to an aromatic ring is 1. The van der Waals surface area contributed by atoms with Crippen LogP contribution in [0.2, 0.25) is 0 Å². The van der Waals surface area contributed by atoms with Gasteiger partial charge in [0.25, 0.3) is 0 Å². The van der Waals surface area contributed by atoms with E-state index in [1.54, 1.807) is 0 Å². The molecular formula is C21H26N6O2. The number of hydrogen-bond donors (Lipinski definition) is 1. The van der Waals surface area contributed by atoms with E-state index in [2.05, 4.69) is 19.4 Å². The fourth-order valence-corrected chi connectivity index (χ4v) is 4.22. The summed E-state index contributed by atoms with van der Waals surface area (Å²) in [6, 6.07) is 4.43. The Morgan fingerprint density at radius 1 is 1.10 bits per heavy atom. The predicted octanol–water partition coefficient (Wildman–Crippen LogP) is 2.81. The second kappa shape index (κ2) is 7.87. The van der Waals surface area contributed by atoms with Crippen molar-refractivity contribution >= 4 is 22.4 Å². The number of nitrogens with two attached hydrogens (primary N) is 1. The van der Waals surface area contributed by atoms with E-state index in [9.17, 15) is 0 Å². The van der Waals surface area contributed by atoms with Crippen molar-refractivity contribution < 1.29 is 9.47 Å². The monoisotopic (exact) mass is 394 g/mol. The number of hydrogen-bond acceptors (Lipinski definition) is 7. The van der Waals surface area contributed by atoms with Gasteiger partial charge >= 0.3 is 0 Å². The van der Waals surface area contributed by atoms with Crippen molar-refractivity contribution in [2.75, 3.05) is 36.9 Å². The number of morpholine rings is 1. The number of rotatable bonds is 4. The summed E-state index contributed by atoms with van der Waals surface area (Å²) >= 11 is 0. The van der Waals surface area contributed by atoms with Crippen molar-refractivity contribution in [1.29, 1.82) is 0 Å². The average Bonchev–Trinajstić information content (AvgIpc) is 3.30. The highest BCUT2D eigenvalue weighted by Gasteiger charge is 2.24. The highest BCUT2D eigenvalue weighted by Crippen LogP contribution is 2.33. The fraction of sp³-hybridized carbons (Fsp3) is 0.476. The molecule has 2 N–H and O–H groups in total. The Kier molecular flexibility index (Phi) is 4.93. The first-order valence-corrected chi connectivity index (χ1v) is 10.3. The number of anilines is 2. The summed E-state index contributed by atoms with van der Waals surface area (Å²) in [6.45, 7) is 3.14. The Labute approximate surface area is 169 Å². The number of fused-ring (bicyclic) bond motifs is 1. The highest BCUT2D eigenvalue weighted by molar-refractivity contribution is 5.84. The van der Waals surface area contributed by atoms with Gasteiger partial charge in [0.1, 0.15) is 11.9 Å². The molecule has 1 aliphatic carbocycles. The molecule has 0 amide bonds. The van der Waals surface area contributed by atoms with Gasteiger partial charge in [-0.15, -0.1) is 0 Å². The molecule has 2 fully saturated rings. The minimum atomic E-state index is 0.141. The summed E-state index contributed by atoms with van der Waals surface area (Å²) in [6.07, 6.45) is 11.9. The van der Waals surface area contributed by atoms with Crippen LogP contribution in [0, 0.1) is 0 Å². The van der Waals surface area contributed by atoms with E-state index >= 15 is 0 Å². The molecule has 0 unspecified atom stereocenters. The zero-order valence-corrected chi connectivity index (χ0v) is 16.4. The highest BCUT2D eigenvalue weighted by atomic mass is 16.5. The molecule has 0 aromatic carbocycles. The van der Waals surface area contributed by atoms with Crippen LogP contribution in [-0.2, 0) is 4.74 Å². The van der Waals surface area contributed by atoms with Gasteiger partial charge < -0.3 is 24.7 Å². The zero-order chi connectivity index (χ0) is 19.6. The van der Waals surface area contributed by atoms with E-state index < -0.39 is 0 Å². The third kappa shape index (κ3) is 3.85. The minimum Gasteiger partial charge on any atom is -0.473 e. The summed E-state index contributed by atoms with van der Waals surface area (Å²) in [5.74, 6) is 1.45. The normalized spacial score (nSPS) is 22.7. The summed E-state index contributed by atoms with van der Waals surface area (Å²) in [5.41, 5.74) is 7.66. The lowest BCUT2D eigenvalue weighted by molar-refractivity contribution is 0.122. The molecule has 1 aliphatic heterocycles. The maximum absolute atomic E-state index is 6.23. The van der Waals surface area contributed by atoms with Crippen molar-refractivity contribution in [3.63, 3.8) is 0 Å². The van der Waals surface area contributed by atoms with Gasteiger partial charge in [-0.05, 0) is 31.7 Å². The number of aromatic nitrogens is 4. The second-order valence-corrected chi connectivity index (χ2v) is 7.78. The van der Waals surface area contributed by atoms with Crippen LogP contribution in [0.25, 0.3) is 10.9 Å². The molecule has 3 aromatic heterocycles. The molecule has 0 atom stereocenters. The SMILES string of the molecule is Nc1cc2cnc(N3CCOCC3)cc2nc1OC1CCC(n2ccnc2)CC1. The van der Waals surface area contributed by atoms with Gasteiger partial charge in [-0.3, -0.25) is 0 Å². The average molecular weight is 394 g/mol. The Bertz CT molecular complexity index is 963. The van der Waals surface area contributed by atoms with Crippen molar-refractivity contribution in [2.45, 2.75) is 37.8 Å². The number of ether oxygens (including phenoxy) is 2. The predicted molar refractivity (Wildman–Crippen MR) is 111 cm³/mol. The Balaban J connectivity index is 1.31. The zero-order valence-electron chi connectivity index (χ0n) is 16.4. The first kappa shape index (κ1) is 18.2. The number of pyridine rings is 2. The van der Waals surface area contributed by atoms with Crippen LogP contribution < -0.4 is 15.4 Å². The van der Waals surface area contributed by atoms with Gasteiger partial charge in [-0.2, -0.15) is 0 Å².